The smallest absolute Gasteiger partial charge is 0.333 e. The molecule has 3 aliphatic rings. The van der Waals surface area contributed by atoms with E-state index in [1.807, 2.05) is 6.92 Å². The Morgan fingerprint density at radius 3 is 0.657 bits per heavy atom. The molecule has 3 rings (SSSR count). The maximum atomic E-state index is 12.8. The molecule has 105 heavy (non-hydrogen) atoms. The minimum absolute atomic E-state index is 0.0196. The van der Waals surface area contributed by atoms with Crippen LogP contribution in [0.1, 0.15) is 302 Å². The van der Waals surface area contributed by atoms with E-state index in [0.29, 0.717) is 99.4 Å². The minimum Gasteiger partial charge on any atom is -0.380 e. The van der Waals surface area contributed by atoms with Gasteiger partial charge in [-0.25, -0.2) is 14.4 Å². The van der Waals surface area contributed by atoms with Gasteiger partial charge in [-0.1, -0.05) is 122 Å². The number of hydroxylamine groups is 6. The zero-order chi connectivity index (χ0) is 76.4. The Balaban J connectivity index is 1.23. The topological polar surface area (TPSA) is 393 Å². The Bertz CT molecular complexity index is 2340. The second-order valence-corrected chi connectivity index (χ2v) is 27.6. The highest BCUT2D eigenvalue weighted by molar-refractivity contribution is 6.03. The molecule has 3 heterocycles. The fourth-order valence-electron chi connectivity index (χ4n) is 11.7. The number of unbranched alkanes of at least 4 members (excludes halogenated alkanes) is 24. The molecule has 596 valence electrons. The molecule has 3 saturated heterocycles. The molecular weight excluding hydrogens is 1360 g/mol. The fraction of sp³-hybridized carbons (Fsp3) is 0.800. The predicted molar refractivity (Wildman–Crippen MR) is 385 cm³/mol. The van der Waals surface area contributed by atoms with Crippen molar-refractivity contribution in [3.63, 3.8) is 0 Å². The van der Waals surface area contributed by atoms with E-state index < -0.39 is 58.8 Å². The van der Waals surface area contributed by atoms with Gasteiger partial charge in [0.15, 0.2) is 0 Å². The maximum Gasteiger partial charge on any atom is 0.333 e. The number of rotatable bonds is 67. The van der Waals surface area contributed by atoms with Gasteiger partial charge < -0.3 is 60.6 Å². The molecule has 0 saturated carbocycles. The summed E-state index contributed by atoms with van der Waals surface area (Å²) in [5.74, 6) is -5.05. The molecule has 0 unspecified atom stereocenters. The van der Waals surface area contributed by atoms with Crippen LogP contribution in [0, 0.1) is 5.41 Å². The fourth-order valence-corrected chi connectivity index (χ4v) is 11.7. The van der Waals surface area contributed by atoms with Crippen LogP contribution < -0.4 is 31.9 Å². The third-order valence-electron chi connectivity index (χ3n) is 18.3. The van der Waals surface area contributed by atoms with Gasteiger partial charge in [-0.15, -0.1) is 15.2 Å². The molecule has 12 amide bonds. The van der Waals surface area contributed by atoms with Crippen LogP contribution in [0.25, 0.3) is 0 Å². The second-order valence-electron chi connectivity index (χ2n) is 27.6. The Kier molecular flexibility index (Phi) is 51.3. The van der Waals surface area contributed by atoms with Crippen molar-refractivity contribution >= 4 is 88.8 Å². The van der Waals surface area contributed by atoms with Crippen LogP contribution in [0.5, 0.6) is 0 Å². The first-order valence-corrected chi connectivity index (χ1v) is 39.3. The third kappa shape index (κ3) is 46.3. The number of amides is 12. The van der Waals surface area contributed by atoms with Gasteiger partial charge in [0.2, 0.25) is 35.4 Å². The highest BCUT2D eigenvalue weighted by Crippen LogP contribution is 2.25. The lowest BCUT2D eigenvalue weighted by molar-refractivity contribution is -0.197. The zero-order valence-corrected chi connectivity index (χ0v) is 62.9. The number of nitrogens with one attached hydrogen (secondary N) is 6. The van der Waals surface area contributed by atoms with Gasteiger partial charge in [0.25, 0.3) is 35.4 Å². The van der Waals surface area contributed by atoms with Gasteiger partial charge in [0.1, 0.15) is 0 Å². The average molecular weight is 1490 g/mol. The van der Waals surface area contributed by atoms with E-state index in [1.165, 1.54) is 0 Å². The van der Waals surface area contributed by atoms with Crippen molar-refractivity contribution in [2.45, 2.75) is 302 Å². The Morgan fingerprint density at radius 1 is 0.267 bits per heavy atom. The van der Waals surface area contributed by atoms with Crippen LogP contribution in [0.4, 0.5) is 0 Å². The van der Waals surface area contributed by atoms with Crippen molar-refractivity contribution in [3.05, 3.63) is 0 Å². The van der Waals surface area contributed by atoms with Gasteiger partial charge in [-0.05, 0) is 83.5 Å². The summed E-state index contributed by atoms with van der Waals surface area (Å²) in [6.07, 6.45) is 28.2. The lowest BCUT2D eigenvalue weighted by Gasteiger charge is -2.32. The number of carbonyl (C=O) groups is 15. The molecule has 0 atom stereocenters. The summed E-state index contributed by atoms with van der Waals surface area (Å²) >= 11 is 0. The van der Waals surface area contributed by atoms with Gasteiger partial charge >= 0.3 is 17.9 Å². The van der Waals surface area contributed by atoms with E-state index in [-0.39, 0.29) is 152 Å². The lowest BCUT2D eigenvalue weighted by Crippen LogP contribution is -2.38. The standard InChI is InChI=1S/C75H125N9O21/c1-2-75(57-100-54-45-63(88)79-51-30-15-3-9-21-33-60(85)76-48-27-18-6-12-24-36-72(97)103-82-66(91)39-40-67(82)92,58-101-55-46-64(89)80-52-31-16-4-10-22-34-61(86)77-49-28-19-7-13-25-37-73(98)104-83-68(93)41-42-69(83)94)59-102-56-47-65(90)81-53-32-17-5-11-23-35-62(87)78-50-29-20-8-14-26-38-74(99)105-84-70(95)43-44-71(84)96/h2-59H2,1H3,(H,76,85)(H,77,86)(H,78,87)(H,79,88)(H,80,89)(H,81,90). The van der Waals surface area contributed by atoms with Gasteiger partial charge in [0.05, 0.1) is 39.6 Å². The molecule has 0 aromatic rings. The molecule has 3 fully saturated rings. The van der Waals surface area contributed by atoms with Gasteiger partial charge in [0, 0.05) is 141 Å². The van der Waals surface area contributed by atoms with Crippen molar-refractivity contribution in [2.24, 2.45) is 5.41 Å². The summed E-state index contributed by atoms with van der Waals surface area (Å²) in [5, 5.41) is 19.5. The van der Waals surface area contributed by atoms with Gasteiger partial charge in [-0.2, -0.15) is 0 Å². The lowest BCUT2D eigenvalue weighted by atomic mass is 9.88. The van der Waals surface area contributed by atoms with E-state index >= 15 is 0 Å². The van der Waals surface area contributed by atoms with E-state index in [0.717, 1.165) is 173 Å². The molecule has 0 spiro atoms. The van der Waals surface area contributed by atoms with E-state index in [2.05, 4.69) is 31.9 Å². The Morgan fingerprint density at radius 2 is 0.448 bits per heavy atom. The summed E-state index contributed by atoms with van der Waals surface area (Å²) in [5.41, 5.74) is -0.616. The van der Waals surface area contributed by atoms with E-state index in [9.17, 15) is 71.9 Å². The summed E-state index contributed by atoms with van der Waals surface area (Å²) in [6.45, 7) is 6.55. The quantitative estimate of drug-likeness (QED) is 0.0247. The summed E-state index contributed by atoms with van der Waals surface area (Å²) < 4.78 is 18.3. The number of hydrogen-bond donors (Lipinski definition) is 6. The van der Waals surface area contributed by atoms with Crippen molar-refractivity contribution in [2.75, 3.05) is 78.9 Å². The largest absolute Gasteiger partial charge is 0.380 e. The van der Waals surface area contributed by atoms with Crippen LogP contribution in [-0.2, 0) is 101 Å². The highest BCUT2D eigenvalue weighted by Gasteiger charge is 2.35. The third-order valence-corrected chi connectivity index (χ3v) is 18.3. The average Bonchev–Trinajstić information content (AvgIpc) is 1.75. The molecule has 0 radical (unpaired) electrons. The van der Waals surface area contributed by atoms with Crippen LogP contribution >= 0.6 is 0 Å². The molecular formula is C75H125N9O21. The minimum atomic E-state index is -0.616. The summed E-state index contributed by atoms with van der Waals surface area (Å²) in [7, 11) is 0. The normalized spacial score (nSPS) is 13.7. The monoisotopic (exact) mass is 1490 g/mol. The van der Waals surface area contributed by atoms with Crippen LogP contribution in [-0.4, -0.2) is 183 Å². The number of hydrogen-bond acceptors (Lipinski definition) is 21. The Labute approximate surface area is 620 Å². The SMILES string of the molecule is CCC(COCCC(=O)NCCCCCCCC(=O)NCCCCCCCC(=O)ON1C(=O)CCC1=O)(COCCC(=O)NCCCCCCCC(=O)NCCCCCCCC(=O)ON1C(=O)CCC1=O)COCCC(=O)NCCCCCCCC(=O)NCCCCCCCC(=O)ON1C(=O)CCC1=O. The number of imide groups is 3. The number of ether oxygens (including phenoxy) is 3. The molecule has 3 aliphatic heterocycles. The molecule has 30 heteroatoms. The number of nitrogens with zero attached hydrogens (tertiary/aromatic N) is 3. The molecule has 30 nitrogen and oxygen atoms in total. The van der Waals surface area contributed by atoms with E-state index in [1.54, 1.807) is 0 Å². The van der Waals surface area contributed by atoms with Crippen LogP contribution in [0.15, 0.2) is 0 Å². The summed E-state index contributed by atoms with van der Waals surface area (Å²) in [6, 6.07) is 0. The molecule has 0 aromatic carbocycles. The van der Waals surface area contributed by atoms with Crippen molar-refractivity contribution in [1.29, 1.82) is 0 Å². The second kappa shape index (κ2) is 58.7. The van der Waals surface area contributed by atoms with Crippen molar-refractivity contribution in [1.82, 2.24) is 47.1 Å². The highest BCUT2D eigenvalue weighted by atomic mass is 16.7. The molecule has 0 aliphatic carbocycles. The maximum absolute atomic E-state index is 12.8. The molecule has 0 bridgehead atoms. The molecule has 0 aromatic heterocycles. The van der Waals surface area contributed by atoms with Gasteiger partial charge in [-0.3, -0.25) is 57.5 Å². The first-order valence-electron chi connectivity index (χ1n) is 39.3. The van der Waals surface area contributed by atoms with E-state index in [4.69, 9.17) is 28.7 Å². The predicted octanol–water partition coefficient (Wildman–Crippen LogP) is 8.17. The first kappa shape index (κ1) is 91.7. The van der Waals surface area contributed by atoms with Crippen LogP contribution in [0.3, 0.4) is 0 Å². The summed E-state index contributed by atoms with van der Waals surface area (Å²) in [4.78, 5) is 195. The number of carbonyl (C=O) groups excluding carboxylic acids is 15. The Hall–Kier alpha value is -7.47. The molecule has 6 N–H and O–H groups in total. The van der Waals surface area contributed by atoms with Crippen LogP contribution in [0.2, 0.25) is 0 Å². The van der Waals surface area contributed by atoms with Crippen molar-refractivity contribution in [3.8, 4) is 0 Å². The zero-order valence-electron chi connectivity index (χ0n) is 62.9. The first-order chi connectivity index (χ1) is 50.8. The van der Waals surface area contributed by atoms with Crippen molar-refractivity contribution < 1.29 is 101 Å².